The average molecular weight is 494 g/mol. The molecule has 0 radical (unpaired) electrons. The van der Waals surface area contributed by atoms with Gasteiger partial charge in [0.05, 0.1) is 11.5 Å². The van der Waals surface area contributed by atoms with E-state index in [2.05, 4.69) is 51.7 Å². The van der Waals surface area contributed by atoms with Crippen LogP contribution in [0, 0.1) is 0 Å². The first-order chi connectivity index (χ1) is 12.1. The predicted molar refractivity (Wildman–Crippen MR) is 119 cm³/mol. The van der Waals surface area contributed by atoms with E-state index in [1.54, 1.807) is 0 Å². The topological polar surface area (TPSA) is 73.8 Å². The number of hydrogen-bond acceptors (Lipinski definition) is 4. The highest BCUT2D eigenvalue weighted by Gasteiger charge is 2.20. The first kappa shape index (κ1) is 23.2. The van der Waals surface area contributed by atoms with E-state index in [4.69, 9.17) is 0 Å². The van der Waals surface area contributed by atoms with Gasteiger partial charge in [0.2, 0.25) is 0 Å². The van der Waals surface area contributed by atoms with Crippen LogP contribution in [0.1, 0.15) is 18.9 Å². The van der Waals surface area contributed by atoms with E-state index >= 15 is 0 Å². The molecule has 0 aliphatic carbocycles. The fraction of sp³-hybridized carbons (Fsp3) is 0.611. The van der Waals surface area contributed by atoms with Crippen LogP contribution in [-0.2, 0) is 16.3 Å². The van der Waals surface area contributed by atoms with Crippen LogP contribution >= 0.6 is 24.0 Å². The molecule has 1 aliphatic rings. The van der Waals surface area contributed by atoms with Gasteiger partial charge in [-0.25, -0.2) is 8.42 Å². The molecule has 8 heteroatoms. The van der Waals surface area contributed by atoms with Crippen molar-refractivity contribution in [2.24, 2.45) is 4.99 Å². The lowest BCUT2D eigenvalue weighted by molar-refractivity contribution is 0.299. The van der Waals surface area contributed by atoms with Crippen molar-refractivity contribution in [3.8, 4) is 0 Å². The zero-order chi connectivity index (χ0) is 18.0. The van der Waals surface area contributed by atoms with Crippen molar-refractivity contribution < 1.29 is 8.42 Å². The molecule has 0 bridgehead atoms. The van der Waals surface area contributed by atoms with Gasteiger partial charge in [0.1, 0.15) is 0 Å². The van der Waals surface area contributed by atoms with Crippen molar-refractivity contribution in [3.05, 3.63) is 35.9 Å². The molecule has 0 spiro atoms. The van der Waals surface area contributed by atoms with Gasteiger partial charge in [-0.3, -0.25) is 9.89 Å². The smallest absolute Gasteiger partial charge is 0.191 e. The first-order valence-corrected chi connectivity index (χ1v) is 10.9. The Bertz CT molecular complexity index is 624. The van der Waals surface area contributed by atoms with E-state index in [9.17, 15) is 8.42 Å². The van der Waals surface area contributed by atoms with Crippen molar-refractivity contribution in [2.45, 2.75) is 19.8 Å². The third-order valence-corrected chi connectivity index (χ3v) is 5.85. The van der Waals surface area contributed by atoms with Crippen molar-refractivity contribution in [1.82, 2.24) is 15.5 Å². The highest BCUT2D eigenvalue weighted by molar-refractivity contribution is 14.0. The molecule has 0 unspecified atom stereocenters. The van der Waals surface area contributed by atoms with Crippen LogP contribution in [0.2, 0.25) is 0 Å². The van der Waals surface area contributed by atoms with E-state index in [0.29, 0.717) is 13.1 Å². The van der Waals surface area contributed by atoms with Crippen LogP contribution in [0.15, 0.2) is 35.3 Å². The van der Waals surface area contributed by atoms with Crippen molar-refractivity contribution in [3.63, 3.8) is 0 Å². The maximum absolute atomic E-state index is 11.4. The molecule has 6 nitrogen and oxygen atoms in total. The summed E-state index contributed by atoms with van der Waals surface area (Å²) < 4.78 is 22.9. The highest BCUT2D eigenvalue weighted by Crippen LogP contribution is 2.03. The largest absolute Gasteiger partial charge is 0.357 e. The molecule has 0 amide bonds. The molecule has 2 rings (SSSR count). The Kier molecular flexibility index (Phi) is 11.1. The minimum Gasteiger partial charge on any atom is -0.357 e. The Hall–Kier alpha value is -0.870. The maximum Gasteiger partial charge on any atom is 0.191 e. The Labute approximate surface area is 174 Å². The molecular formula is C18H31IN4O2S. The number of nitrogens with one attached hydrogen (secondary N) is 2. The Morgan fingerprint density at radius 1 is 1.15 bits per heavy atom. The minimum absolute atomic E-state index is 0. The van der Waals surface area contributed by atoms with E-state index < -0.39 is 9.84 Å². The summed E-state index contributed by atoms with van der Waals surface area (Å²) in [6.45, 7) is 6.54. The summed E-state index contributed by atoms with van der Waals surface area (Å²) >= 11 is 0. The summed E-state index contributed by atoms with van der Waals surface area (Å²) in [5.74, 6) is 1.39. The van der Waals surface area contributed by atoms with Crippen molar-refractivity contribution in [2.75, 3.05) is 50.8 Å². The number of guanidine groups is 1. The van der Waals surface area contributed by atoms with Crippen LogP contribution in [0.4, 0.5) is 0 Å². The number of nitrogens with zero attached hydrogens (tertiary/aromatic N) is 2. The third kappa shape index (κ3) is 9.18. The third-order valence-electron chi connectivity index (χ3n) is 4.24. The molecule has 148 valence electrons. The van der Waals surface area contributed by atoms with E-state index in [1.165, 1.54) is 5.56 Å². The lowest BCUT2D eigenvalue weighted by Crippen LogP contribution is -2.46. The average Bonchev–Trinajstić information content (AvgIpc) is 2.61. The Morgan fingerprint density at radius 3 is 2.50 bits per heavy atom. The summed E-state index contributed by atoms with van der Waals surface area (Å²) in [4.78, 5) is 6.80. The molecule has 0 saturated carbocycles. The van der Waals surface area contributed by atoms with E-state index in [0.717, 1.165) is 45.0 Å². The molecule has 0 atom stereocenters. The molecular weight excluding hydrogens is 463 g/mol. The fourth-order valence-electron chi connectivity index (χ4n) is 2.77. The minimum atomic E-state index is -2.80. The van der Waals surface area contributed by atoms with Crippen LogP contribution in [-0.4, -0.2) is 70.1 Å². The van der Waals surface area contributed by atoms with Gasteiger partial charge in [0.15, 0.2) is 15.8 Å². The van der Waals surface area contributed by atoms with Crippen LogP contribution in [0.25, 0.3) is 0 Å². The van der Waals surface area contributed by atoms with E-state index in [-0.39, 0.29) is 35.5 Å². The van der Waals surface area contributed by atoms with Gasteiger partial charge in [-0.05, 0) is 25.3 Å². The summed E-state index contributed by atoms with van der Waals surface area (Å²) in [6, 6.07) is 10.5. The first-order valence-electron chi connectivity index (χ1n) is 9.08. The number of rotatable bonds is 8. The standard InChI is InChI=1S/C18H30N4O2S.HI/c1-2-19-18(20-10-6-9-17-7-4-3-5-8-17)21-11-12-22-13-15-25(23,24)16-14-22;/h3-5,7-8H,2,6,9-16H2,1H3,(H2,19,20,21);1H. The molecule has 1 heterocycles. The molecule has 1 saturated heterocycles. The lowest BCUT2D eigenvalue weighted by Gasteiger charge is -2.26. The second-order valence-electron chi connectivity index (χ2n) is 6.27. The monoisotopic (exact) mass is 494 g/mol. The second-order valence-corrected chi connectivity index (χ2v) is 8.57. The number of aliphatic imine (C=N–C) groups is 1. The lowest BCUT2D eigenvalue weighted by atomic mass is 10.1. The van der Waals surface area contributed by atoms with Gasteiger partial charge in [-0.1, -0.05) is 30.3 Å². The second kappa shape index (κ2) is 12.5. The van der Waals surface area contributed by atoms with Crippen molar-refractivity contribution in [1.29, 1.82) is 0 Å². The number of halogens is 1. The predicted octanol–water partition coefficient (Wildman–Crippen LogP) is 1.52. The van der Waals surface area contributed by atoms with Gasteiger partial charge < -0.3 is 10.6 Å². The Balaban J connectivity index is 0.00000338. The van der Waals surface area contributed by atoms with Crippen LogP contribution in [0.5, 0.6) is 0 Å². The highest BCUT2D eigenvalue weighted by atomic mass is 127. The normalized spacial score (nSPS) is 17.3. The van der Waals surface area contributed by atoms with Gasteiger partial charge in [0, 0.05) is 39.3 Å². The molecule has 1 aromatic carbocycles. The van der Waals surface area contributed by atoms with Crippen molar-refractivity contribution >= 4 is 39.8 Å². The molecule has 1 aromatic rings. The fourth-order valence-corrected chi connectivity index (χ4v) is 4.04. The van der Waals surface area contributed by atoms with Crippen LogP contribution in [0.3, 0.4) is 0 Å². The summed E-state index contributed by atoms with van der Waals surface area (Å²) in [5, 5.41) is 6.59. The quantitative estimate of drug-likeness (QED) is 0.248. The summed E-state index contributed by atoms with van der Waals surface area (Å²) in [7, 11) is -2.80. The molecule has 2 N–H and O–H groups in total. The van der Waals surface area contributed by atoms with Gasteiger partial charge in [-0.2, -0.15) is 0 Å². The van der Waals surface area contributed by atoms with Gasteiger partial charge >= 0.3 is 0 Å². The summed E-state index contributed by atoms with van der Waals surface area (Å²) in [6.07, 6.45) is 2.05. The van der Waals surface area contributed by atoms with Gasteiger partial charge in [-0.15, -0.1) is 24.0 Å². The molecule has 26 heavy (non-hydrogen) atoms. The SMILES string of the molecule is CCNC(=NCCCc1ccccc1)NCCN1CCS(=O)(=O)CC1.I. The molecule has 0 aromatic heterocycles. The number of benzene rings is 1. The molecule has 1 fully saturated rings. The van der Waals surface area contributed by atoms with Gasteiger partial charge in [0.25, 0.3) is 0 Å². The van der Waals surface area contributed by atoms with Crippen LogP contribution < -0.4 is 10.6 Å². The van der Waals surface area contributed by atoms with E-state index in [1.807, 2.05) is 6.07 Å². The molecule has 1 aliphatic heterocycles. The summed E-state index contributed by atoms with van der Waals surface area (Å²) in [5.41, 5.74) is 1.34. The zero-order valence-electron chi connectivity index (χ0n) is 15.5. The zero-order valence-corrected chi connectivity index (χ0v) is 18.6. The number of hydrogen-bond donors (Lipinski definition) is 2. The number of sulfone groups is 1. The Morgan fingerprint density at radius 2 is 1.85 bits per heavy atom. The number of aryl methyl sites for hydroxylation is 1. The maximum atomic E-state index is 11.4.